The second kappa shape index (κ2) is 11.0. The lowest BCUT2D eigenvalue weighted by Crippen LogP contribution is -2.50. The van der Waals surface area contributed by atoms with Crippen molar-refractivity contribution >= 4 is 34.9 Å². The molecule has 1 atom stereocenters. The Hall–Kier alpha value is -4.27. The van der Waals surface area contributed by atoms with Crippen molar-refractivity contribution in [2.24, 2.45) is 0 Å². The molecule has 3 N–H and O–H groups in total. The molecule has 3 aromatic carbocycles. The quantitative estimate of drug-likeness (QED) is 0.480. The van der Waals surface area contributed by atoms with Gasteiger partial charge in [-0.2, -0.15) is 0 Å². The van der Waals surface area contributed by atoms with Gasteiger partial charge in [-0.3, -0.25) is 14.5 Å². The predicted octanol–water partition coefficient (Wildman–Crippen LogP) is 4.46. The molecule has 3 rings (SSSR count). The van der Waals surface area contributed by atoms with Gasteiger partial charge in [-0.1, -0.05) is 30.3 Å². The number of aryl methyl sites for hydroxylation is 1. The van der Waals surface area contributed by atoms with E-state index in [1.807, 2.05) is 13.0 Å². The van der Waals surface area contributed by atoms with Crippen LogP contribution in [0, 0.1) is 18.6 Å². The Morgan fingerprint density at radius 2 is 1.65 bits per heavy atom. The van der Waals surface area contributed by atoms with Gasteiger partial charge >= 0.3 is 6.03 Å². The summed E-state index contributed by atoms with van der Waals surface area (Å²) in [5, 5.41) is 7.43. The lowest BCUT2D eigenvalue weighted by atomic mass is 10.2. The molecule has 0 aliphatic heterocycles. The number of urea groups is 1. The summed E-state index contributed by atoms with van der Waals surface area (Å²) in [5.74, 6) is -2.84. The minimum absolute atomic E-state index is 0.340. The maximum Gasteiger partial charge on any atom is 0.319 e. The third kappa shape index (κ3) is 6.38. The summed E-state index contributed by atoms with van der Waals surface area (Å²) >= 11 is 0. The van der Waals surface area contributed by atoms with Crippen LogP contribution in [0.15, 0.2) is 72.8 Å². The Bertz CT molecular complexity index is 1190. The number of carbonyl (C=O) groups excluding carboxylic acids is 3. The van der Waals surface area contributed by atoms with Gasteiger partial charge < -0.3 is 16.0 Å². The zero-order chi connectivity index (χ0) is 24.7. The molecule has 176 valence electrons. The minimum atomic E-state index is -1.10. The zero-order valence-electron chi connectivity index (χ0n) is 18.6. The number of amides is 4. The Kier molecular flexibility index (Phi) is 7.92. The van der Waals surface area contributed by atoms with E-state index in [0.29, 0.717) is 11.4 Å². The SMILES string of the molecule is Cc1cccc(NC(=O)NCC(=O)N(c2ccccc2)C(C)C(=O)Nc2cc(F)ccc2F)c1. The molecule has 0 saturated carbocycles. The normalized spacial score (nSPS) is 11.3. The van der Waals surface area contributed by atoms with E-state index in [9.17, 15) is 23.2 Å². The van der Waals surface area contributed by atoms with E-state index in [4.69, 9.17) is 0 Å². The van der Waals surface area contributed by atoms with Gasteiger partial charge in [0.05, 0.1) is 12.2 Å². The highest BCUT2D eigenvalue weighted by molar-refractivity contribution is 6.06. The Balaban J connectivity index is 1.72. The summed E-state index contributed by atoms with van der Waals surface area (Å²) in [4.78, 5) is 39.3. The molecular weight excluding hydrogens is 442 g/mol. The van der Waals surface area contributed by atoms with Crippen LogP contribution in [0.4, 0.5) is 30.6 Å². The first-order chi connectivity index (χ1) is 16.2. The molecule has 0 spiro atoms. The third-order valence-electron chi connectivity index (χ3n) is 4.93. The fourth-order valence-corrected chi connectivity index (χ4v) is 3.26. The number of nitrogens with one attached hydrogen (secondary N) is 3. The third-order valence-corrected chi connectivity index (χ3v) is 4.93. The molecule has 4 amide bonds. The molecule has 7 nitrogen and oxygen atoms in total. The van der Waals surface area contributed by atoms with Gasteiger partial charge in [0, 0.05) is 17.4 Å². The lowest BCUT2D eigenvalue weighted by molar-refractivity contribution is -0.122. The van der Waals surface area contributed by atoms with Crippen LogP contribution in [0.2, 0.25) is 0 Å². The molecule has 3 aromatic rings. The molecule has 0 fully saturated rings. The molecule has 0 aromatic heterocycles. The number of anilines is 3. The van der Waals surface area contributed by atoms with Crippen molar-refractivity contribution in [3.8, 4) is 0 Å². The largest absolute Gasteiger partial charge is 0.329 e. The monoisotopic (exact) mass is 466 g/mol. The standard InChI is InChI=1S/C25H24F2N4O3/c1-16-7-6-8-19(13-16)29-25(34)28-15-23(32)31(20-9-4-3-5-10-20)17(2)24(33)30-22-14-18(26)11-12-21(22)27/h3-14,17H,15H2,1-2H3,(H,30,33)(H2,28,29,34). The van der Waals surface area contributed by atoms with Crippen LogP contribution in [0.5, 0.6) is 0 Å². The number of hydrogen-bond donors (Lipinski definition) is 3. The molecule has 1 unspecified atom stereocenters. The first-order valence-corrected chi connectivity index (χ1v) is 10.5. The maximum atomic E-state index is 14.0. The zero-order valence-corrected chi connectivity index (χ0v) is 18.6. The molecule has 0 radical (unpaired) electrons. The molecule has 9 heteroatoms. The highest BCUT2D eigenvalue weighted by atomic mass is 19.1. The van der Waals surface area contributed by atoms with Gasteiger partial charge in [-0.05, 0) is 55.8 Å². The van der Waals surface area contributed by atoms with Gasteiger partial charge in [0.25, 0.3) is 0 Å². The maximum absolute atomic E-state index is 14.0. The van der Waals surface area contributed by atoms with Gasteiger partial charge in [-0.25, -0.2) is 13.6 Å². The number of para-hydroxylation sites is 1. The summed E-state index contributed by atoms with van der Waals surface area (Å²) in [6.07, 6.45) is 0. The number of hydrogen-bond acceptors (Lipinski definition) is 3. The Morgan fingerprint density at radius 3 is 2.35 bits per heavy atom. The van der Waals surface area contributed by atoms with E-state index in [-0.39, 0.29) is 5.69 Å². The topological polar surface area (TPSA) is 90.5 Å². The van der Waals surface area contributed by atoms with Crippen molar-refractivity contribution in [2.75, 3.05) is 22.1 Å². The number of rotatable bonds is 7. The highest BCUT2D eigenvalue weighted by Crippen LogP contribution is 2.20. The summed E-state index contributed by atoms with van der Waals surface area (Å²) < 4.78 is 27.4. The van der Waals surface area contributed by atoms with Crippen LogP contribution in [-0.2, 0) is 9.59 Å². The number of nitrogens with zero attached hydrogens (tertiary/aromatic N) is 1. The van der Waals surface area contributed by atoms with Crippen molar-refractivity contribution < 1.29 is 23.2 Å². The molecule has 0 heterocycles. The minimum Gasteiger partial charge on any atom is -0.329 e. The summed E-state index contributed by atoms with van der Waals surface area (Å²) in [6, 6.07) is 16.5. The van der Waals surface area contributed by atoms with Crippen LogP contribution in [0.25, 0.3) is 0 Å². The molecule has 0 saturated heterocycles. The second-order valence-electron chi connectivity index (χ2n) is 7.57. The van der Waals surface area contributed by atoms with Crippen molar-refractivity contribution in [1.82, 2.24) is 5.32 Å². The highest BCUT2D eigenvalue weighted by Gasteiger charge is 2.28. The number of halogens is 2. The van der Waals surface area contributed by atoms with Gasteiger partial charge in [0.15, 0.2) is 0 Å². The Morgan fingerprint density at radius 1 is 0.912 bits per heavy atom. The average Bonchev–Trinajstić information content (AvgIpc) is 2.81. The van der Waals surface area contributed by atoms with E-state index >= 15 is 0 Å². The van der Waals surface area contributed by atoms with E-state index in [1.54, 1.807) is 48.5 Å². The van der Waals surface area contributed by atoms with E-state index in [0.717, 1.165) is 23.8 Å². The summed E-state index contributed by atoms with van der Waals surface area (Å²) in [7, 11) is 0. The van der Waals surface area contributed by atoms with Gasteiger partial charge in [-0.15, -0.1) is 0 Å². The Labute approximate surface area is 195 Å². The van der Waals surface area contributed by atoms with Crippen LogP contribution in [0.1, 0.15) is 12.5 Å². The van der Waals surface area contributed by atoms with Crippen LogP contribution >= 0.6 is 0 Å². The van der Waals surface area contributed by atoms with Crippen LogP contribution < -0.4 is 20.9 Å². The van der Waals surface area contributed by atoms with Crippen molar-refractivity contribution in [2.45, 2.75) is 19.9 Å². The van der Waals surface area contributed by atoms with Crippen molar-refractivity contribution in [1.29, 1.82) is 0 Å². The molecule has 0 bridgehead atoms. The first-order valence-electron chi connectivity index (χ1n) is 10.5. The van der Waals surface area contributed by atoms with E-state index in [2.05, 4.69) is 16.0 Å². The van der Waals surface area contributed by atoms with Gasteiger partial charge in [0.2, 0.25) is 11.8 Å². The first kappa shape index (κ1) is 24.4. The van der Waals surface area contributed by atoms with E-state index in [1.165, 1.54) is 11.8 Å². The smallest absolute Gasteiger partial charge is 0.319 e. The second-order valence-corrected chi connectivity index (χ2v) is 7.57. The van der Waals surface area contributed by atoms with Gasteiger partial charge in [0.1, 0.15) is 17.7 Å². The van der Waals surface area contributed by atoms with Crippen molar-refractivity contribution in [3.63, 3.8) is 0 Å². The molecule has 0 aliphatic rings. The van der Waals surface area contributed by atoms with Crippen LogP contribution in [-0.4, -0.2) is 30.4 Å². The number of carbonyl (C=O) groups is 3. The predicted molar refractivity (Wildman–Crippen MR) is 127 cm³/mol. The fourth-order valence-electron chi connectivity index (χ4n) is 3.26. The molecule has 34 heavy (non-hydrogen) atoms. The van der Waals surface area contributed by atoms with E-state index < -0.39 is 42.1 Å². The summed E-state index contributed by atoms with van der Waals surface area (Å²) in [5.41, 5.74) is 1.58. The molecular formula is C25H24F2N4O3. The van der Waals surface area contributed by atoms with Crippen LogP contribution in [0.3, 0.4) is 0 Å². The average molecular weight is 466 g/mol. The van der Waals surface area contributed by atoms with Crippen molar-refractivity contribution in [3.05, 3.63) is 90.0 Å². The number of benzene rings is 3. The molecule has 0 aliphatic carbocycles. The fraction of sp³-hybridized carbons (Fsp3) is 0.160. The lowest BCUT2D eigenvalue weighted by Gasteiger charge is -2.29. The summed E-state index contributed by atoms with van der Waals surface area (Å²) in [6.45, 7) is 2.93.